The van der Waals surface area contributed by atoms with Gasteiger partial charge in [-0.1, -0.05) is 20.8 Å². The molecule has 0 bridgehead atoms. The van der Waals surface area contributed by atoms with Crippen molar-refractivity contribution in [1.29, 1.82) is 0 Å². The number of hydrogen-bond acceptors (Lipinski definition) is 1. The van der Waals surface area contributed by atoms with E-state index in [1.165, 1.54) is 0 Å². The first kappa shape index (κ1) is 14.2. The SMILES string of the molecule is CCC(C)(C)c1cc(I)cc(I)c1C(=O)O. The minimum atomic E-state index is -0.836. The summed E-state index contributed by atoms with van der Waals surface area (Å²) < 4.78 is 1.90. The number of carboxylic acid groups (broad SMARTS) is 1. The lowest BCUT2D eigenvalue weighted by atomic mass is 9.80. The summed E-state index contributed by atoms with van der Waals surface area (Å²) in [5.41, 5.74) is 1.28. The van der Waals surface area contributed by atoms with Gasteiger partial charge < -0.3 is 5.11 Å². The third-order valence-electron chi connectivity index (χ3n) is 2.88. The third kappa shape index (κ3) is 2.88. The van der Waals surface area contributed by atoms with Crippen molar-refractivity contribution in [3.63, 3.8) is 0 Å². The molecule has 0 aliphatic heterocycles. The molecule has 2 nitrogen and oxygen atoms in total. The van der Waals surface area contributed by atoms with E-state index < -0.39 is 5.97 Å². The molecule has 0 amide bonds. The van der Waals surface area contributed by atoms with Crippen molar-refractivity contribution >= 4 is 51.2 Å². The van der Waals surface area contributed by atoms with Crippen molar-refractivity contribution in [3.05, 3.63) is 30.4 Å². The number of carboxylic acids is 1. The van der Waals surface area contributed by atoms with E-state index in [1.807, 2.05) is 12.1 Å². The molecule has 0 spiro atoms. The molecule has 4 heteroatoms. The quantitative estimate of drug-likeness (QED) is 0.708. The van der Waals surface area contributed by atoms with Crippen LogP contribution in [0, 0.1) is 7.14 Å². The molecule has 1 aromatic rings. The molecule has 0 radical (unpaired) electrons. The van der Waals surface area contributed by atoms with Crippen LogP contribution in [-0.4, -0.2) is 11.1 Å². The number of halogens is 2. The molecule has 1 N–H and O–H groups in total. The lowest BCUT2D eigenvalue weighted by Gasteiger charge is -2.26. The molecule has 0 heterocycles. The van der Waals surface area contributed by atoms with Gasteiger partial charge in [-0.15, -0.1) is 0 Å². The first-order chi connectivity index (χ1) is 7.29. The van der Waals surface area contributed by atoms with Gasteiger partial charge in [0.2, 0.25) is 0 Å². The van der Waals surface area contributed by atoms with E-state index in [4.69, 9.17) is 0 Å². The molecular formula is C12H14I2O2. The summed E-state index contributed by atoms with van der Waals surface area (Å²) in [4.78, 5) is 11.3. The van der Waals surface area contributed by atoms with E-state index >= 15 is 0 Å². The van der Waals surface area contributed by atoms with Gasteiger partial charge in [0, 0.05) is 7.14 Å². The Morgan fingerprint density at radius 3 is 2.38 bits per heavy atom. The van der Waals surface area contributed by atoms with Crippen LogP contribution in [0.3, 0.4) is 0 Å². The van der Waals surface area contributed by atoms with Crippen molar-refractivity contribution in [2.45, 2.75) is 32.6 Å². The maximum Gasteiger partial charge on any atom is 0.337 e. The summed E-state index contributed by atoms with van der Waals surface area (Å²) in [5.74, 6) is -0.836. The number of aromatic carboxylic acids is 1. The van der Waals surface area contributed by atoms with Gasteiger partial charge in [-0.2, -0.15) is 0 Å². The zero-order valence-corrected chi connectivity index (χ0v) is 13.8. The van der Waals surface area contributed by atoms with E-state index in [1.54, 1.807) is 0 Å². The largest absolute Gasteiger partial charge is 0.478 e. The number of carbonyl (C=O) groups is 1. The summed E-state index contributed by atoms with van der Waals surface area (Å²) >= 11 is 4.33. The maximum atomic E-state index is 11.3. The van der Waals surface area contributed by atoms with Gasteiger partial charge in [-0.25, -0.2) is 4.79 Å². The summed E-state index contributed by atoms with van der Waals surface area (Å²) in [6.07, 6.45) is 0.920. The summed E-state index contributed by atoms with van der Waals surface area (Å²) in [6.45, 7) is 6.25. The Balaban J connectivity index is 3.53. The second kappa shape index (κ2) is 5.20. The van der Waals surface area contributed by atoms with Crippen LogP contribution in [0.15, 0.2) is 12.1 Å². The lowest BCUT2D eigenvalue weighted by Crippen LogP contribution is -2.21. The summed E-state index contributed by atoms with van der Waals surface area (Å²) in [6, 6.07) is 3.88. The van der Waals surface area contributed by atoms with Gasteiger partial charge in [0.15, 0.2) is 0 Å². The smallest absolute Gasteiger partial charge is 0.337 e. The van der Waals surface area contributed by atoms with E-state index in [0.717, 1.165) is 19.1 Å². The molecular weight excluding hydrogens is 430 g/mol. The molecule has 1 rings (SSSR count). The normalized spacial score (nSPS) is 11.6. The molecule has 88 valence electrons. The van der Waals surface area contributed by atoms with Gasteiger partial charge >= 0.3 is 5.97 Å². The number of benzene rings is 1. The number of rotatable bonds is 3. The fourth-order valence-electron chi connectivity index (χ4n) is 1.52. The fraction of sp³-hybridized carbons (Fsp3) is 0.417. The summed E-state index contributed by atoms with van der Waals surface area (Å²) in [5, 5.41) is 9.29. The van der Waals surface area contributed by atoms with Crippen LogP contribution in [0.2, 0.25) is 0 Å². The average molecular weight is 444 g/mol. The van der Waals surface area contributed by atoms with E-state index in [2.05, 4.69) is 66.0 Å². The highest BCUT2D eigenvalue weighted by Gasteiger charge is 2.26. The van der Waals surface area contributed by atoms with Gasteiger partial charge in [-0.3, -0.25) is 0 Å². The van der Waals surface area contributed by atoms with Crippen LogP contribution in [0.5, 0.6) is 0 Å². The van der Waals surface area contributed by atoms with Crippen LogP contribution >= 0.6 is 45.2 Å². The van der Waals surface area contributed by atoms with E-state index in [9.17, 15) is 9.90 Å². The Hall–Kier alpha value is 0.150. The minimum Gasteiger partial charge on any atom is -0.478 e. The molecule has 0 aromatic heterocycles. The Morgan fingerprint density at radius 2 is 1.94 bits per heavy atom. The van der Waals surface area contributed by atoms with Crippen molar-refractivity contribution in [1.82, 2.24) is 0 Å². The Morgan fingerprint density at radius 1 is 1.38 bits per heavy atom. The average Bonchev–Trinajstić information content (AvgIpc) is 2.15. The van der Waals surface area contributed by atoms with Gasteiger partial charge in [0.05, 0.1) is 5.56 Å². The second-order valence-electron chi connectivity index (χ2n) is 4.35. The predicted octanol–water partition coefficient (Wildman–Crippen LogP) is 4.28. The van der Waals surface area contributed by atoms with Crippen LogP contribution < -0.4 is 0 Å². The molecule has 0 unspecified atom stereocenters. The van der Waals surface area contributed by atoms with Crippen molar-refractivity contribution < 1.29 is 9.90 Å². The second-order valence-corrected chi connectivity index (χ2v) is 6.76. The highest BCUT2D eigenvalue weighted by molar-refractivity contribution is 14.1. The van der Waals surface area contributed by atoms with Crippen LogP contribution in [-0.2, 0) is 5.41 Å². The Bertz CT molecular complexity index is 425. The zero-order valence-electron chi connectivity index (χ0n) is 9.47. The first-order valence-electron chi connectivity index (χ1n) is 5.02. The van der Waals surface area contributed by atoms with E-state index in [-0.39, 0.29) is 5.41 Å². The van der Waals surface area contributed by atoms with E-state index in [0.29, 0.717) is 5.56 Å². The number of hydrogen-bond donors (Lipinski definition) is 1. The van der Waals surface area contributed by atoms with Crippen LogP contribution in [0.4, 0.5) is 0 Å². The highest BCUT2D eigenvalue weighted by Crippen LogP contribution is 2.33. The van der Waals surface area contributed by atoms with Gasteiger partial charge in [0.25, 0.3) is 0 Å². The molecule has 1 aromatic carbocycles. The minimum absolute atomic E-state index is 0.102. The van der Waals surface area contributed by atoms with Gasteiger partial charge in [0.1, 0.15) is 0 Å². The topological polar surface area (TPSA) is 37.3 Å². The molecule has 0 aliphatic carbocycles. The lowest BCUT2D eigenvalue weighted by molar-refractivity contribution is 0.0692. The molecule has 0 saturated heterocycles. The molecule has 0 saturated carbocycles. The molecule has 0 atom stereocenters. The fourth-order valence-corrected chi connectivity index (χ4v) is 3.59. The zero-order chi connectivity index (χ0) is 12.5. The summed E-state index contributed by atoms with van der Waals surface area (Å²) in [7, 11) is 0. The maximum absolute atomic E-state index is 11.3. The molecule has 0 aliphatic rings. The van der Waals surface area contributed by atoms with Gasteiger partial charge in [-0.05, 0) is 74.7 Å². The molecule has 16 heavy (non-hydrogen) atoms. The first-order valence-corrected chi connectivity index (χ1v) is 7.18. The van der Waals surface area contributed by atoms with Crippen molar-refractivity contribution in [3.8, 4) is 0 Å². The van der Waals surface area contributed by atoms with Crippen LogP contribution in [0.25, 0.3) is 0 Å². The predicted molar refractivity (Wildman–Crippen MR) is 82.2 cm³/mol. The van der Waals surface area contributed by atoms with Crippen LogP contribution in [0.1, 0.15) is 43.1 Å². The molecule has 0 fully saturated rings. The van der Waals surface area contributed by atoms with Crippen molar-refractivity contribution in [2.75, 3.05) is 0 Å². The Kier molecular flexibility index (Phi) is 4.62. The third-order valence-corrected chi connectivity index (χ3v) is 4.36. The Labute approximate surface area is 123 Å². The highest BCUT2D eigenvalue weighted by atomic mass is 127. The standard InChI is InChI=1S/C12H14I2O2/c1-4-12(2,3)8-5-7(13)6-9(14)10(8)11(15)16/h5-6H,4H2,1-3H3,(H,15,16). The monoisotopic (exact) mass is 444 g/mol. The van der Waals surface area contributed by atoms with Crippen molar-refractivity contribution in [2.24, 2.45) is 0 Å².